The number of benzene rings is 2. The van der Waals surface area contributed by atoms with Crippen molar-refractivity contribution in [2.45, 2.75) is 18.1 Å². The van der Waals surface area contributed by atoms with E-state index in [1.165, 1.54) is 0 Å². The van der Waals surface area contributed by atoms with E-state index in [-0.39, 0.29) is 0 Å². The van der Waals surface area contributed by atoms with Crippen LogP contribution in [-0.2, 0) is 6.54 Å². The van der Waals surface area contributed by atoms with Gasteiger partial charge in [0.1, 0.15) is 0 Å². The Bertz CT molecular complexity index is 891. The minimum atomic E-state index is 0.688. The van der Waals surface area contributed by atoms with Crippen LogP contribution in [0.1, 0.15) is 12.0 Å². The van der Waals surface area contributed by atoms with Crippen LogP contribution in [0.15, 0.2) is 52.1 Å². The van der Waals surface area contributed by atoms with Crippen LogP contribution in [0.3, 0.4) is 0 Å². The summed E-state index contributed by atoms with van der Waals surface area (Å²) in [4.78, 5) is 0. The van der Waals surface area contributed by atoms with E-state index in [0.717, 1.165) is 51.1 Å². The minimum Gasteiger partial charge on any atom is -0.493 e. The van der Waals surface area contributed by atoms with Gasteiger partial charge in [-0.05, 0) is 47.7 Å². The molecule has 1 N–H and O–H groups in total. The number of halogens is 1. The maximum absolute atomic E-state index is 5.51. The average molecular weight is 464 g/mol. The van der Waals surface area contributed by atoms with Gasteiger partial charge in [0.25, 0.3) is 0 Å². The summed E-state index contributed by atoms with van der Waals surface area (Å²) >= 11 is 5.23. The maximum Gasteiger partial charge on any atom is 0.214 e. The minimum absolute atomic E-state index is 0.688. The lowest BCUT2D eigenvalue weighted by Gasteiger charge is -2.15. The summed E-state index contributed by atoms with van der Waals surface area (Å²) in [5.41, 5.74) is 2.01. The van der Waals surface area contributed by atoms with E-state index in [1.54, 1.807) is 30.7 Å². The second-order valence-electron chi connectivity index (χ2n) is 5.85. The quantitative estimate of drug-likeness (QED) is 0.362. The molecule has 3 aromatic rings. The SMILES string of the molecule is COc1ccc(Br)c(CNCCCSc2nnnn2-c2ccccc2)c1OC. The third-order valence-electron chi connectivity index (χ3n) is 4.06. The molecule has 0 aliphatic rings. The summed E-state index contributed by atoms with van der Waals surface area (Å²) in [5.74, 6) is 2.39. The van der Waals surface area contributed by atoms with Gasteiger partial charge in [-0.25, -0.2) is 0 Å². The number of nitrogens with one attached hydrogen (secondary N) is 1. The summed E-state index contributed by atoms with van der Waals surface area (Å²) in [6, 6.07) is 13.8. The third kappa shape index (κ3) is 5.03. The molecule has 7 nitrogen and oxygen atoms in total. The van der Waals surface area contributed by atoms with Crippen molar-refractivity contribution < 1.29 is 9.47 Å². The number of thioether (sulfide) groups is 1. The number of ether oxygens (including phenoxy) is 2. The van der Waals surface area contributed by atoms with Crippen LogP contribution < -0.4 is 14.8 Å². The van der Waals surface area contributed by atoms with Gasteiger partial charge in [0.05, 0.1) is 19.9 Å². The Balaban J connectivity index is 1.48. The van der Waals surface area contributed by atoms with Crippen molar-refractivity contribution >= 4 is 27.7 Å². The lowest BCUT2D eigenvalue weighted by Crippen LogP contribution is -2.16. The Hall–Kier alpha value is -2.10. The van der Waals surface area contributed by atoms with Crippen molar-refractivity contribution in [3.05, 3.63) is 52.5 Å². The van der Waals surface area contributed by atoms with E-state index in [0.29, 0.717) is 6.54 Å². The molecular formula is C19H22BrN5O2S. The van der Waals surface area contributed by atoms with E-state index in [2.05, 4.69) is 36.8 Å². The molecule has 9 heteroatoms. The molecule has 0 radical (unpaired) electrons. The van der Waals surface area contributed by atoms with Crippen molar-refractivity contribution in [1.82, 2.24) is 25.5 Å². The highest BCUT2D eigenvalue weighted by Gasteiger charge is 2.13. The smallest absolute Gasteiger partial charge is 0.214 e. The van der Waals surface area contributed by atoms with E-state index >= 15 is 0 Å². The van der Waals surface area contributed by atoms with Crippen LogP contribution in [0.4, 0.5) is 0 Å². The number of rotatable bonds is 10. The molecule has 2 aromatic carbocycles. The number of para-hydroxylation sites is 1. The molecule has 1 aromatic heterocycles. The highest BCUT2D eigenvalue weighted by atomic mass is 79.9. The van der Waals surface area contributed by atoms with Gasteiger partial charge in [-0.2, -0.15) is 4.68 Å². The predicted molar refractivity (Wildman–Crippen MR) is 113 cm³/mol. The van der Waals surface area contributed by atoms with E-state index in [4.69, 9.17) is 9.47 Å². The van der Waals surface area contributed by atoms with Crippen LogP contribution in [-0.4, -0.2) is 46.7 Å². The predicted octanol–water partition coefficient (Wildman–Crippen LogP) is 3.71. The Kier molecular flexibility index (Phi) is 7.70. The lowest BCUT2D eigenvalue weighted by atomic mass is 10.2. The molecule has 0 atom stereocenters. The molecule has 0 amide bonds. The summed E-state index contributed by atoms with van der Waals surface area (Å²) in [6.07, 6.45) is 0.982. The maximum atomic E-state index is 5.51. The van der Waals surface area contributed by atoms with Gasteiger partial charge >= 0.3 is 0 Å². The first-order chi connectivity index (χ1) is 13.7. The zero-order valence-electron chi connectivity index (χ0n) is 15.8. The summed E-state index contributed by atoms with van der Waals surface area (Å²) < 4.78 is 13.6. The van der Waals surface area contributed by atoms with Crippen molar-refractivity contribution in [3.8, 4) is 17.2 Å². The van der Waals surface area contributed by atoms with Gasteiger partial charge in [-0.3, -0.25) is 0 Å². The van der Waals surface area contributed by atoms with Crippen molar-refractivity contribution in [2.24, 2.45) is 0 Å². The van der Waals surface area contributed by atoms with Gasteiger partial charge in [0.2, 0.25) is 5.16 Å². The van der Waals surface area contributed by atoms with Crippen LogP contribution in [0.2, 0.25) is 0 Å². The van der Waals surface area contributed by atoms with Gasteiger partial charge in [0, 0.05) is 22.3 Å². The number of hydrogen-bond donors (Lipinski definition) is 1. The topological polar surface area (TPSA) is 74.1 Å². The summed E-state index contributed by atoms with van der Waals surface area (Å²) in [5, 5.41) is 16.2. The van der Waals surface area contributed by atoms with Gasteiger partial charge in [0.15, 0.2) is 11.5 Å². The Morgan fingerprint density at radius 3 is 2.68 bits per heavy atom. The standard InChI is InChI=1S/C19H22BrN5O2S/c1-26-17-10-9-16(20)15(18(17)27-2)13-21-11-6-12-28-19-22-23-24-25(19)14-7-4-3-5-8-14/h3-5,7-10,21H,6,11-13H2,1-2H3. The van der Waals surface area contributed by atoms with Crippen LogP contribution in [0, 0.1) is 0 Å². The molecule has 0 aliphatic carbocycles. The zero-order chi connectivity index (χ0) is 19.8. The first kappa shape index (κ1) is 20.6. The molecule has 0 unspecified atom stereocenters. The molecular weight excluding hydrogens is 442 g/mol. The Morgan fingerprint density at radius 1 is 1.11 bits per heavy atom. The van der Waals surface area contributed by atoms with Crippen LogP contribution in [0.5, 0.6) is 11.5 Å². The molecule has 0 fully saturated rings. The zero-order valence-corrected chi connectivity index (χ0v) is 18.2. The summed E-state index contributed by atoms with van der Waals surface area (Å²) in [6.45, 7) is 1.56. The first-order valence-corrected chi connectivity index (χ1v) is 10.6. The van der Waals surface area contributed by atoms with Gasteiger partial charge in [-0.1, -0.05) is 45.9 Å². The molecule has 1 heterocycles. The number of aromatic nitrogens is 4. The lowest BCUT2D eigenvalue weighted by molar-refractivity contribution is 0.350. The first-order valence-electron chi connectivity index (χ1n) is 8.81. The van der Waals surface area contributed by atoms with E-state index < -0.39 is 0 Å². The second-order valence-corrected chi connectivity index (χ2v) is 7.77. The number of methoxy groups -OCH3 is 2. The van der Waals surface area contributed by atoms with E-state index in [9.17, 15) is 0 Å². The summed E-state index contributed by atoms with van der Waals surface area (Å²) in [7, 11) is 3.30. The van der Waals surface area contributed by atoms with Crippen LogP contribution in [0.25, 0.3) is 5.69 Å². The van der Waals surface area contributed by atoms with E-state index in [1.807, 2.05) is 42.5 Å². The molecule has 0 saturated carbocycles. The van der Waals surface area contributed by atoms with Gasteiger partial charge < -0.3 is 14.8 Å². The average Bonchev–Trinajstić information content (AvgIpc) is 3.20. The molecule has 0 spiro atoms. The fourth-order valence-corrected chi connectivity index (χ4v) is 3.99. The molecule has 0 saturated heterocycles. The van der Waals surface area contributed by atoms with Crippen molar-refractivity contribution in [2.75, 3.05) is 26.5 Å². The Labute approximate surface area is 176 Å². The fourth-order valence-electron chi connectivity index (χ4n) is 2.71. The van der Waals surface area contributed by atoms with Crippen LogP contribution >= 0.6 is 27.7 Å². The number of hydrogen-bond acceptors (Lipinski definition) is 7. The molecule has 3 rings (SSSR count). The highest BCUT2D eigenvalue weighted by Crippen LogP contribution is 2.35. The van der Waals surface area contributed by atoms with Crippen molar-refractivity contribution in [1.29, 1.82) is 0 Å². The van der Waals surface area contributed by atoms with Gasteiger partial charge in [-0.15, -0.1) is 5.10 Å². The monoisotopic (exact) mass is 463 g/mol. The highest BCUT2D eigenvalue weighted by molar-refractivity contribution is 9.10. The number of nitrogens with zero attached hydrogens (tertiary/aromatic N) is 4. The Morgan fingerprint density at radius 2 is 1.93 bits per heavy atom. The molecule has 28 heavy (non-hydrogen) atoms. The number of tetrazole rings is 1. The third-order valence-corrected chi connectivity index (χ3v) is 5.81. The molecule has 0 aliphatic heterocycles. The largest absolute Gasteiger partial charge is 0.493 e. The normalized spacial score (nSPS) is 10.8. The van der Waals surface area contributed by atoms with Crippen molar-refractivity contribution in [3.63, 3.8) is 0 Å². The molecule has 148 valence electrons. The fraction of sp³-hybridized carbons (Fsp3) is 0.316. The second kappa shape index (κ2) is 10.4. The molecule has 0 bridgehead atoms.